The second kappa shape index (κ2) is 7.11. The van der Waals surface area contributed by atoms with Gasteiger partial charge in [-0.2, -0.15) is 0 Å². The molecule has 0 aliphatic heterocycles. The second-order valence-corrected chi connectivity index (χ2v) is 4.91. The van der Waals surface area contributed by atoms with Crippen LogP contribution in [0.3, 0.4) is 0 Å². The zero-order valence-electron chi connectivity index (χ0n) is 11.6. The minimum atomic E-state index is -0.265. The van der Waals surface area contributed by atoms with Crippen molar-refractivity contribution in [3.63, 3.8) is 0 Å². The normalized spacial score (nSPS) is 10.2. The molecule has 2 aromatic carbocycles. The Hall–Kier alpha value is -2.04. The molecule has 2 aromatic rings. The molecular formula is C16H16ClNO3. The maximum Gasteiger partial charge on any atom is 0.259 e. The van der Waals surface area contributed by atoms with Crippen LogP contribution in [0.1, 0.15) is 15.9 Å². The molecule has 0 unspecified atom stereocenters. The van der Waals surface area contributed by atoms with E-state index in [0.717, 1.165) is 5.56 Å². The third-order valence-corrected chi connectivity index (χ3v) is 3.26. The summed E-state index contributed by atoms with van der Waals surface area (Å²) in [5.41, 5.74) is 2.11. The Morgan fingerprint density at radius 1 is 1.24 bits per heavy atom. The second-order valence-electron chi connectivity index (χ2n) is 4.47. The van der Waals surface area contributed by atoms with Gasteiger partial charge in [-0.25, -0.2) is 0 Å². The number of anilines is 1. The summed E-state index contributed by atoms with van der Waals surface area (Å²) in [6.07, 6.45) is 0.596. The Balaban J connectivity index is 2.14. The van der Waals surface area contributed by atoms with Crippen molar-refractivity contribution in [2.45, 2.75) is 6.42 Å². The molecule has 2 N–H and O–H groups in total. The van der Waals surface area contributed by atoms with Gasteiger partial charge in [0.15, 0.2) is 0 Å². The van der Waals surface area contributed by atoms with Crippen molar-refractivity contribution in [1.82, 2.24) is 0 Å². The van der Waals surface area contributed by atoms with E-state index in [1.165, 1.54) is 7.11 Å². The van der Waals surface area contributed by atoms with Crippen LogP contribution < -0.4 is 10.1 Å². The molecule has 0 aliphatic rings. The van der Waals surface area contributed by atoms with E-state index in [9.17, 15) is 4.79 Å². The number of halogens is 1. The molecule has 0 heterocycles. The van der Waals surface area contributed by atoms with Gasteiger partial charge in [0.05, 0.1) is 12.7 Å². The molecule has 0 saturated carbocycles. The molecule has 21 heavy (non-hydrogen) atoms. The molecule has 4 nitrogen and oxygen atoms in total. The first-order chi connectivity index (χ1) is 10.1. The van der Waals surface area contributed by atoms with Gasteiger partial charge in [-0.05, 0) is 42.3 Å². The lowest BCUT2D eigenvalue weighted by molar-refractivity contribution is 0.102. The van der Waals surface area contributed by atoms with Gasteiger partial charge in [0, 0.05) is 17.3 Å². The maximum absolute atomic E-state index is 12.2. The molecule has 0 radical (unpaired) electrons. The van der Waals surface area contributed by atoms with Crippen molar-refractivity contribution in [1.29, 1.82) is 0 Å². The summed E-state index contributed by atoms with van der Waals surface area (Å²) in [5.74, 6) is 0.162. The summed E-state index contributed by atoms with van der Waals surface area (Å²) in [7, 11) is 1.49. The van der Waals surface area contributed by atoms with Crippen LogP contribution in [0.2, 0.25) is 5.02 Å². The molecular weight excluding hydrogens is 290 g/mol. The number of aliphatic hydroxyl groups is 1. The fraction of sp³-hybridized carbons (Fsp3) is 0.188. The van der Waals surface area contributed by atoms with Crippen molar-refractivity contribution in [2.75, 3.05) is 19.0 Å². The molecule has 0 fully saturated rings. The van der Waals surface area contributed by atoms with Crippen molar-refractivity contribution in [3.8, 4) is 5.75 Å². The maximum atomic E-state index is 12.2. The van der Waals surface area contributed by atoms with Crippen LogP contribution in [-0.4, -0.2) is 24.7 Å². The van der Waals surface area contributed by atoms with Gasteiger partial charge in [-0.3, -0.25) is 4.79 Å². The number of ether oxygens (including phenoxy) is 1. The van der Waals surface area contributed by atoms with Gasteiger partial charge < -0.3 is 15.2 Å². The first kappa shape index (κ1) is 15.4. The number of aliphatic hydroxyl groups excluding tert-OH is 1. The average Bonchev–Trinajstić information content (AvgIpc) is 2.49. The third kappa shape index (κ3) is 3.97. The Kier molecular flexibility index (Phi) is 5.20. The number of rotatable bonds is 5. The molecule has 0 spiro atoms. The number of methoxy groups -OCH3 is 1. The van der Waals surface area contributed by atoms with Crippen LogP contribution in [0.5, 0.6) is 5.75 Å². The highest BCUT2D eigenvalue weighted by Gasteiger charge is 2.12. The zero-order valence-corrected chi connectivity index (χ0v) is 12.4. The molecule has 2 rings (SSSR count). The third-order valence-electron chi connectivity index (χ3n) is 3.02. The number of carbonyl (C=O) groups is 1. The summed E-state index contributed by atoms with van der Waals surface area (Å²) in [6, 6.07) is 12.2. The van der Waals surface area contributed by atoms with E-state index in [1.807, 2.05) is 12.1 Å². The van der Waals surface area contributed by atoms with E-state index in [0.29, 0.717) is 28.4 Å². The van der Waals surface area contributed by atoms with Crippen LogP contribution in [-0.2, 0) is 6.42 Å². The van der Waals surface area contributed by atoms with Gasteiger partial charge in [-0.1, -0.05) is 23.7 Å². The smallest absolute Gasteiger partial charge is 0.259 e. The van der Waals surface area contributed by atoms with Crippen molar-refractivity contribution in [3.05, 3.63) is 58.6 Å². The topological polar surface area (TPSA) is 58.6 Å². The number of benzene rings is 2. The SMILES string of the molecule is COc1cc(Cl)ccc1C(=O)Nc1ccc(CCO)cc1. The average molecular weight is 306 g/mol. The minimum absolute atomic E-state index is 0.105. The lowest BCUT2D eigenvalue weighted by Crippen LogP contribution is -2.13. The van der Waals surface area contributed by atoms with Crippen molar-refractivity contribution < 1.29 is 14.6 Å². The Morgan fingerprint density at radius 2 is 1.95 bits per heavy atom. The molecule has 0 aliphatic carbocycles. The first-order valence-electron chi connectivity index (χ1n) is 6.48. The molecule has 0 saturated heterocycles. The Bertz CT molecular complexity index is 626. The number of hydrogen-bond acceptors (Lipinski definition) is 3. The van der Waals surface area contributed by atoms with Crippen LogP contribution in [0.4, 0.5) is 5.69 Å². The highest BCUT2D eigenvalue weighted by Crippen LogP contribution is 2.24. The van der Waals surface area contributed by atoms with Crippen LogP contribution in [0.15, 0.2) is 42.5 Å². The number of nitrogens with one attached hydrogen (secondary N) is 1. The summed E-state index contributed by atoms with van der Waals surface area (Å²) < 4.78 is 5.16. The van der Waals surface area contributed by atoms with E-state index in [4.69, 9.17) is 21.4 Å². The van der Waals surface area contributed by atoms with E-state index >= 15 is 0 Å². The molecule has 5 heteroatoms. The minimum Gasteiger partial charge on any atom is -0.496 e. The number of amides is 1. The molecule has 110 valence electrons. The summed E-state index contributed by atoms with van der Waals surface area (Å²) >= 11 is 5.88. The molecule has 0 bridgehead atoms. The zero-order chi connectivity index (χ0) is 15.2. The predicted octanol–water partition coefficient (Wildman–Crippen LogP) is 3.14. The van der Waals surface area contributed by atoms with Gasteiger partial charge in [0.1, 0.15) is 5.75 Å². The van der Waals surface area contributed by atoms with Gasteiger partial charge in [0.25, 0.3) is 5.91 Å². The fourth-order valence-corrected chi connectivity index (χ4v) is 2.10. The van der Waals surface area contributed by atoms with E-state index in [-0.39, 0.29) is 12.5 Å². The quantitative estimate of drug-likeness (QED) is 0.892. The lowest BCUT2D eigenvalue weighted by atomic mass is 10.1. The van der Waals surface area contributed by atoms with Crippen LogP contribution in [0.25, 0.3) is 0 Å². The van der Waals surface area contributed by atoms with E-state index in [2.05, 4.69) is 5.32 Å². The van der Waals surface area contributed by atoms with Crippen molar-refractivity contribution >= 4 is 23.2 Å². The van der Waals surface area contributed by atoms with Gasteiger partial charge in [0.2, 0.25) is 0 Å². The Morgan fingerprint density at radius 3 is 2.57 bits per heavy atom. The van der Waals surface area contributed by atoms with Crippen LogP contribution >= 0.6 is 11.6 Å². The van der Waals surface area contributed by atoms with Gasteiger partial charge in [-0.15, -0.1) is 0 Å². The highest BCUT2D eigenvalue weighted by molar-refractivity contribution is 6.31. The van der Waals surface area contributed by atoms with Gasteiger partial charge >= 0.3 is 0 Å². The predicted molar refractivity (Wildman–Crippen MR) is 83.2 cm³/mol. The number of hydrogen-bond donors (Lipinski definition) is 2. The largest absolute Gasteiger partial charge is 0.496 e. The monoisotopic (exact) mass is 305 g/mol. The van der Waals surface area contributed by atoms with E-state index in [1.54, 1.807) is 30.3 Å². The summed E-state index contributed by atoms with van der Waals surface area (Å²) in [6.45, 7) is 0.105. The van der Waals surface area contributed by atoms with E-state index < -0.39 is 0 Å². The Labute approximate surface area is 128 Å². The first-order valence-corrected chi connectivity index (χ1v) is 6.86. The highest BCUT2D eigenvalue weighted by atomic mass is 35.5. The van der Waals surface area contributed by atoms with Crippen molar-refractivity contribution in [2.24, 2.45) is 0 Å². The number of carbonyl (C=O) groups excluding carboxylic acids is 1. The molecule has 0 aromatic heterocycles. The summed E-state index contributed by atoms with van der Waals surface area (Å²) in [5, 5.41) is 12.2. The van der Waals surface area contributed by atoms with Crippen LogP contribution in [0, 0.1) is 0 Å². The standard InChI is InChI=1S/C16H16ClNO3/c1-21-15-10-12(17)4-7-14(15)16(20)18-13-5-2-11(3-6-13)8-9-19/h2-7,10,19H,8-9H2,1H3,(H,18,20). The molecule has 0 atom stereocenters. The summed E-state index contributed by atoms with van der Waals surface area (Å²) in [4.78, 5) is 12.2. The fourth-order valence-electron chi connectivity index (χ4n) is 1.93. The lowest BCUT2D eigenvalue weighted by Gasteiger charge is -2.10. The molecule has 1 amide bonds.